The summed E-state index contributed by atoms with van der Waals surface area (Å²) in [5.74, 6) is 1.41. The van der Waals surface area contributed by atoms with Gasteiger partial charge in [-0.3, -0.25) is 15.0 Å². The molecule has 1 aliphatic heterocycles. The van der Waals surface area contributed by atoms with Crippen molar-refractivity contribution in [1.29, 1.82) is 0 Å². The zero-order valence-electron chi connectivity index (χ0n) is 22.0. The second-order valence-corrected chi connectivity index (χ2v) is 12.5. The van der Waals surface area contributed by atoms with Gasteiger partial charge in [0.05, 0.1) is 12.7 Å². The summed E-state index contributed by atoms with van der Waals surface area (Å²) in [7, 11) is 0. The van der Waals surface area contributed by atoms with Gasteiger partial charge >= 0.3 is 5.97 Å². The highest BCUT2D eigenvalue weighted by Crippen LogP contribution is 2.36. The predicted molar refractivity (Wildman–Crippen MR) is 141 cm³/mol. The first-order valence-electron chi connectivity index (χ1n) is 14.5. The standard InChI is InChI=1S/C27H46N2O6S/c1-2-33-25(27(30)35-23-13-9-21(10-14-23)29(31)32)19-20-7-11-22(12-8-20)34-17-15-28-16-18-36-26-6-4-3-5-24(26)28/h20-26H,2-19H2,1H3. The fourth-order valence-electron chi connectivity index (χ4n) is 6.68. The Hall–Kier alpha value is -0.900. The lowest BCUT2D eigenvalue weighted by molar-refractivity contribution is -0.527. The van der Waals surface area contributed by atoms with Gasteiger partial charge in [-0.05, 0) is 70.6 Å². The van der Waals surface area contributed by atoms with Crippen LogP contribution in [0.15, 0.2) is 0 Å². The summed E-state index contributed by atoms with van der Waals surface area (Å²) in [6.07, 6.45) is 12.1. The van der Waals surface area contributed by atoms with Crippen molar-refractivity contribution in [3.63, 3.8) is 0 Å². The Labute approximate surface area is 220 Å². The lowest BCUT2D eigenvalue weighted by Gasteiger charge is -2.43. The van der Waals surface area contributed by atoms with Gasteiger partial charge in [-0.15, -0.1) is 0 Å². The summed E-state index contributed by atoms with van der Waals surface area (Å²) in [6, 6.07) is 0.262. The first-order chi connectivity index (χ1) is 17.5. The van der Waals surface area contributed by atoms with E-state index in [4.69, 9.17) is 14.2 Å². The first-order valence-corrected chi connectivity index (χ1v) is 15.5. The molecule has 1 heterocycles. The largest absolute Gasteiger partial charge is 0.460 e. The number of esters is 1. The highest BCUT2D eigenvalue weighted by atomic mass is 32.2. The van der Waals surface area contributed by atoms with Gasteiger partial charge in [0, 0.05) is 54.5 Å². The van der Waals surface area contributed by atoms with Gasteiger partial charge in [0.15, 0.2) is 6.10 Å². The van der Waals surface area contributed by atoms with E-state index in [0.717, 1.165) is 50.1 Å². The van der Waals surface area contributed by atoms with Gasteiger partial charge in [-0.2, -0.15) is 11.8 Å². The number of hydrogen-bond donors (Lipinski definition) is 0. The Bertz CT molecular complexity index is 694. The summed E-state index contributed by atoms with van der Waals surface area (Å²) < 4.78 is 17.8. The minimum atomic E-state index is -0.536. The van der Waals surface area contributed by atoms with Crippen molar-refractivity contribution >= 4 is 17.7 Å². The third kappa shape index (κ3) is 8.05. The normalized spacial score (nSPS) is 34.5. The monoisotopic (exact) mass is 526 g/mol. The number of nitro groups is 1. The van der Waals surface area contributed by atoms with E-state index < -0.39 is 12.1 Å². The van der Waals surface area contributed by atoms with Gasteiger partial charge in [-0.25, -0.2) is 4.79 Å². The maximum absolute atomic E-state index is 12.8. The van der Waals surface area contributed by atoms with Crippen LogP contribution in [0.5, 0.6) is 0 Å². The van der Waals surface area contributed by atoms with Crippen molar-refractivity contribution < 1.29 is 23.9 Å². The maximum atomic E-state index is 12.8. The van der Waals surface area contributed by atoms with E-state index in [9.17, 15) is 14.9 Å². The van der Waals surface area contributed by atoms with Crippen molar-refractivity contribution in [2.75, 3.05) is 32.1 Å². The molecule has 0 aromatic heterocycles. The van der Waals surface area contributed by atoms with E-state index in [1.165, 1.54) is 38.0 Å². The second-order valence-electron chi connectivity index (χ2n) is 11.1. The van der Waals surface area contributed by atoms with Gasteiger partial charge in [-0.1, -0.05) is 12.8 Å². The summed E-state index contributed by atoms with van der Waals surface area (Å²) in [6.45, 7) is 5.47. The minimum Gasteiger partial charge on any atom is -0.460 e. The summed E-state index contributed by atoms with van der Waals surface area (Å²) >= 11 is 2.18. The van der Waals surface area contributed by atoms with Crippen molar-refractivity contribution in [1.82, 2.24) is 4.90 Å². The molecule has 3 atom stereocenters. The Morgan fingerprint density at radius 3 is 2.47 bits per heavy atom. The fourth-order valence-corrected chi connectivity index (χ4v) is 8.18. The molecule has 0 spiro atoms. The predicted octanol–water partition coefficient (Wildman–Crippen LogP) is 4.85. The molecular formula is C27H46N2O6S. The van der Waals surface area contributed by atoms with Crippen LogP contribution in [0.1, 0.15) is 90.4 Å². The van der Waals surface area contributed by atoms with Gasteiger partial charge < -0.3 is 14.2 Å². The molecule has 4 fully saturated rings. The molecule has 3 aliphatic carbocycles. The van der Waals surface area contributed by atoms with Crippen LogP contribution >= 0.6 is 11.8 Å². The van der Waals surface area contributed by atoms with Crippen molar-refractivity contribution in [3.05, 3.63) is 10.1 Å². The maximum Gasteiger partial charge on any atom is 0.335 e. The van der Waals surface area contributed by atoms with Crippen molar-refractivity contribution in [2.45, 2.75) is 126 Å². The first kappa shape index (κ1) is 28.1. The molecule has 9 heteroatoms. The zero-order valence-corrected chi connectivity index (χ0v) is 22.8. The molecule has 0 bridgehead atoms. The molecule has 1 saturated heterocycles. The van der Waals surface area contributed by atoms with Crippen LogP contribution in [0.3, 0.4) is 0 Å². The van der Waals surface area contributed by atoms with E-state index >= 15 is 0 Å². The third-order valence-corrected chi connectivity index (χ3v) is 10.2. The Kier molecular flexibility index (Phi) is 11.2. The van der Waals surface area contributed by atoms with Crippen LogP contribution in [-0.2, 0) is 19.0 Å². The molecule has 4 rings (SSSR count). The van der Waals surface area contributed by atoms with E-state index in [2.05, 4.69) is 16.7 Å². The van der Waals surface area contributed by atoms with Gasteiger partial charge in [0.1, 0.15) is 6.10 Å². The van der Waals surface area contributed by atoms with Crippen LogP contribution in [0.2, 0.25) is 0 Å². The number of nitrogens with zero attached hydrogens (tertiary/aromatic N) is 2. The highest BCUT2D eigenvalue weighted by Gasteiger charge is 2.35. The smallest absolute Gasteiger partial charge is 0.335 e. The molecule has 206 valence electrons. The summed E-state index contributed by atoms with van der Waals surface area (Å²) in [5, 5.41) is 11.8. The number of ether oxygens (including phenoxy) is 3. The average Bonchev–Trinajstić information content (AvgIpc) is 2.90. The summed E-state index contributed by atoms with van der Waals surface area (Å²) in [5.41, 5.74) is 0. The van der Waals surface area contributed by atoms with Crippen molar-refractivity contribution in [3.8, 4) is 0 Å². The number of carbonyl (C=O) groups is 1. The number of hydrogen-bond acceptors (Lipinski definition) is 8. The van der Waals surface area contributed by atoms with Crippen LogP contribution in [0.25, 0.3) is 0 Å². The molecule has 36 heavy (non-hydrogen) atoms. The molecule has 8 nitrogen and oxygen atoms in total. The van der Waals surface area contributed by atoms with Crippen LogP contribution in [-0.4, -0.2) is 83.5 Å². The molecule has 0 N–H and O–H groups in total. The molecule has 3 unspecified atom stereocenters. The average molecular weight is 527 g/mol. The van der Waals surface area contributed by atoms with E-state index in [1.54, 1.807) is 0 Å². The Morgan fingerprint density at radius 1 is 1.03 bits per heavy atom. The molecule has 0 aromatic carbocycles. The second kappa shape index (κ2) is 14.3. The summed E-state index contributed by atoms with van der Waals surface area (Å²) in [4.78, 5) is 26.3. The molecular weight excluding hydrogens is 480 g/mol. The number of fused-ring (bicyclic) bond motifs is 1. The van der Waals surface area contributed by atoms with Crippen molar-refractivity contribution in [2.24, 2.45) is 5.92 Å². The van der Waals surface area contributed by atoms with Crippen LogP contribution in [0, 0.1) is 16.0 Å². The highest BCUT2D eigenvalue weighted by molar-refractivity contribution is 8.00. The van der Waals surface area contributed by atoms with Crippen LogP contribution < -0.4 is 0 Å². The lowest BCUT2D eigenvalue weighted by atomic mass is 9.84. The topological polar surface area (TPSA) is 91.1 Å². The number of thioether (sulfide) groups is 1. The Balaban J connectivity index is 1.13. The van der Waals surface area contributed by atoms with E-state index in [0.29, 0.717) is 50.7 Å². The minimum absolute atomic E-state index is 0.208. The van der Waals surface area contributed by atoms with E-state index in [-0.39, 0.29) is 17.0 Å². The van der Waals surface area contributed by atoms with E-state index in [1.807, 2.05) is 6.92 Å². The molecule has 4 aliphatic rings. The SMILES string of the molecule is CCOC(CC1CCC(OCCN2CCSC3CCCCC32)CC1)C(=O)OC1CCC([N+](=O)[O-])CC1. The lowest BCUT2D eigenvalue weighted by Crippen LogP contribution is -2.50. The fraction of sp³-hybridized carbons (Fsp3) is 0.963. The molecule has 0 amide bonds. The zero-order chi connectivity index (χ0) is 25.3. The van der Waals surface area contributed by atoms with Gasteiger partial charge in [0.2, 0.25) is 6.04 Å². The van der Waals surface area contributed by atoms with Gasteiger partial charge in [0.25, 0.3) is 0 Å². The molecule has 3 saturated carbocycles. The quantitative estimate of drug-likeness (QED) is 0.214. The molecule has 0 aromatic rings. The number of carbonyl (C=O) groups excluding carboxylic acids is 1. The van der Waals surface area contributed by atoms with Crippen LogP contribution in [0.4, 0.5) is 0 Å². The third-order valence-electron chi connectivity index (χ3n) is 8.78. The Morgan fingerprint density at radius 2 is 1.75 bits per heavy atom. The molecule has 0 radical (unpaired) electrons. The number of rotatable bonds is 11.